The fourth-order valence-corrected chi connectivity index (χ4v) is 2.60. The van der Waals surface area contributed by atoms with Crippen molar-refractivity contribution in [2.75, 3.05) is 12.4 Å². The lowest BCUT2D eigenvalue weighted by Crippen LogP contribution is -2.33. The van der Waals surface area contributed by atoms with Crippen LogP contribution < -0.4 is 15.6 Å². The van der Waals surface area contributed by atoms with E-state index < -0.39 is 6.04 Å². The van der Waals surface area contributed by atoms with Crippen LogP contribution in [0, 0.1) is 11.3 Å². The molecule has 1 atom stereocenters. The maximum atomic E-state index is 12.6. The predicted octanol–water partition coefficient (Wildman–Crippen LogP) is 2.99. The highest BCUT2D eigenvalue weighted by molar-refractivity contribution is 5.93. The van der Waals surface area contributed by atoms with Crippen molar-refractivity contribution in [3.05, 3.63) is 76.6 Å². The topological polar surface area (TPSA) is 97.0 Å². The van der Waals surface area contributed by atoms with Crippen LogP contribution in [0.25, 0.3) is 11.3 Å². The normalized spacial score (nSPS) is 11.3. The summed E-state index contributed by atoms with van der Waals surface area (Å²) in [5.74, 6) is 0.332. The fraction of sp³-hybridized carbons (Fsp3) is 0.143. The lowest BCUT2D eigenvalue weighted by atomic mass is 10.1. The number of benzene rings is 2. The molecule has 1 unspecified atom stereocenters. The highest BCUT2D eigenvalue weighted by Crippen LogP contribution is 2.20. The monoisotopic (exact) mass is 374 g/mol. The van der Waals surface area contributed by atoms with Crippen molar-refractivity contribution in [2.24, 2.45) is 0 Å². The van der Waals surface area contributed by atoms with Gasteiger partial charge in [0, 0.05) is 17.3 Å². The molecule has 0 saturated heterocycles. The summed E-state index contributed by atoms with van der Waals surface area (Å²) in [7, 11) is 1.58. The molecule has 2 aromatic carbocycles. The second kappa shape index (κ2) is 8.18. The SMILES string of the molecule is COc1ccc(-c2ccc(=O)n(C(C)C(=O)Nc3ccc(C#N)cc3)n2)cc1. The molecule has 7 heteroatoms. The van der Waals surface area contributed by atoms with Gasteiger partial charge in [-0.1, -0.05) is 0 Å². The Morgan fingerprint density at radius 3 is 2.39 bits per heavy atom. The standard InChI is InChI=1S/C21H18N4O3/c1-14(21(27)23-17-7-3-15(13-22)4-8-17)25-20(26)12-11-19(24-25)16-5-9-18(28-2)10-6-16/h3-12,14H,1-2H3,(H,23,27). The average Bonchev–Trinajstić information content (AvgIpc) is 2.74. The van der Waals surface area contributed by atoms with Crippen LogP contribution in [0.4, 0.5) is 5.69 Å². The highest BCUT2D eigenvalue weighted by atomic mass is 16.5. The van der Waals surface area contributed by atoms with E-state index in [4.69, 9.17) is 10.00 Å². The zero-order valence-corrected chi connectivity index (χ0v) is 15.4. The number of rotatable bonds is 5. The van der Waals surface area contributed by atoms with Gasteiger partial charge >= 0.3 is 0 Å². The maximum absolute atomic E-state index is 12.6. The van der Waals surface area contributed by atoms with Gasteiger partial charge in [0.05, 0.1) is 24.4 Å². The van der Waals surface area contributed by atoms with Gasteiger partial charge < -0.3 is 10.1 Å². The van der Waals surface area contributed by atoms with Crippen LogP contribution in [0.1, 0.15) is 18.5 Å². The molecule has 0 aliphatic rings. The minimum atomic E-state index is -0.818. The molecule has 1 aromatic heterocycles. The number of nitriles is 1. The molecule has 0 spiro atoms. The number of aromatic nitrogens is 2. The fourth-order valence-electron chi connectivity index (χ4n) is 2.60. The Balaban J connectivity index is 1.83. The van der Waals surface area contributed by atoms with Gasteiger partial charge in [0.1, 0.15) is 11.8 Å². The summed E-state index contributed by atoms with van der Waals surface area (Å²) in [6, 6.07) is 17.9. The van der Waals surface area contributed by atoms with Crippen molar-refractivity contribution < 1.29 is 9.53 Å². The number of methoxy groups -OCH3 is 1. The number of anilines is 1. The largest absolute Gasteiger partial charge is 0.497 e. The number of amides is 1. The molecule has 1 heterocycles. The first-order chi connectivity index (χ1) is 13.5. The van der Waals surface area contributed by atoms with Crippen LogP contribution in [0.5, 0.6) is 5.75 Å². The minimum Gasteiger partial charge on any atom is -0.497 e. The Hall–Kier alpha value is -3.92. The molecule has 7 nitrogen and oxygen atoms in total. The highest BCUT2D eigenvalue weighted by Gasteiger charge is 2.18. The average molecular weight is 374 g/mol. The second-order valence-corrected chi connectivity index (χ2v) is 6.08. The van der Waals surface area contributed by atoms with Crippen LogP contribution in [-0.2, 0) is 4.79 Å². The number of nitrogens with one attached hydrogen (secondary N) is 1. The van der Waals surface area contributed by atoms with Crippen molar-refractivity contribution in [1.82, 2.24) is 9.78 Å². The molecule has 3 rings (SSSR count). The molecule has 0 bridgehead atoms. The number of hydrogen-bond donors (Lipinski definition) is 1. The van der Waals surface area contributed by atoms with Gasteiger partial charge in [-0.2, -0.15) is 10.4 Å². The Morgan fingerprint density at radius 2 is 1.79 bits per heavy atom. The molecular formula is C21H18N4O3. The summed E-state index contributed by atoms with van der Waals surface area (Å²) >= 11 is 0. The van der Waals surface area contributed by atoms with Crippen LogP contribution in [-0.4, -0.2) is 22.8 Å². The van der Waals surface area contributed by atoms with Crippen LogP contribution in [0.2, 0.25) is 0 Å². The third-order valence-corrected chi connectivity index (χ3v) is 4.24. The number of nitrogens with zero attached hydrogens (tertiary/aromatic N) is 3. The molecule has 0 radical (unpaired) electrons. The van der Waals surface area contributed by atoms with E-state index in [9.17, 15) is 9.59 Å². The van der Waals surface area contributed by atoms with Crippen molar-refractivity contribution in [3.8, 4) is 23.1 Å². The number of carbonyl (C=O) groups is 1. The van der Waals surface area contributed by atoms with E-state index in [1.165, 1.54) is 6.07 Å². The second-order valence-electron chi connectivity index (χ2n) is 6.08. The molecular weight excluding hydrogens is 356 g/mol. The van der Waals surface area contributed by atoms with E-state index in [1.54, 1.807) is 56.5 Å². The first-order valence-electron chi connectivity index (χ1n) is 8.57. The van der Waals surface area contributed by atoms with E-state index >= 15 is 0 Å². The molecule has 0 saturated carbocycles. The van der Waals surface area contributed by atoms with Crippen molar-refractivity contribution in [1.29, 1.82) is 5.26 Å². The lowest BCUT2D eigenvalue weighted by Gasteiger charge is -2.15. The van der Waals surface area contributed by atoms with Crippen molar-refractivity contribution >= 4 is 11.6 Å². The van der Waals surface area contributed by atoms with E-state index in [-0.39, 0.29) is 11.5 Å². The quantitative estimate of drug-likeness (QED) is 0.740. The first-order valence-corrected chi connectivity index (χ1v) is 8.57. The summed E-state index contributed by atoms with van der Waals surface area (Å²) in [5.41, 5.74) is 2.03. The van der Waals surface area contributed by atoms with Gasteiger partial charge in [-0.3, -0.25) is 9.59 Å². The predicted molar refractivity (Wildman–Crippen MR) is 105 cm³/mol. The molecule has 1 amide bonds. The molecule has 28 heavy (non-hydrogen) atoms. The third kappa shape index (κ3) is 4.07. The summed E-state index contributed by atoms with van der Waals surface area (Å²) in [6.45, 7) is 1.60. The Labute approximate surface area is 161 Å². The van der Waals surface area contributed by atoms with E-state index in [0.717, 1.165) is 10.2 Å². The number of carbonyl (C=O) groups excluding carboxylic acids is 1. The lowest BCUT2D eigenvalue weighted by molar-refractivity contribution is -0.119. The molecule has 3 aromatic rings. The maximum Gasteiger partial charge on any atom is 0.267 e. The molecule has 0 fully saturated rings. The molecule has 1 N–H and O–H groups in total. The van der Waals surface area contributed by atoms with Crippen LogP contribution >= 0.6 is 0 Å². The third-order valence-electron chi connectivity index (χ3n) is 4.24. The van der Waals surface area contributed by atoms with E-state index in [1.807, 2.05) is 18.2 Å². The van der Waals surface area contributed by atoms with Crippen LogP contribution in [0.15, 0.2) is 65.5 Å². The summed E-state index contributed by atoms with van der Waals surface area (Å²) in [4.78, 5) is 24.8. The molecule has 0 aliphatic heterocycles. The van der Waals surface area contributed by atoms with Gasteiger partial charge in [0.2, 0.25) is 5.91 Å². The Kier molecular flexibility index (Phi) is 5.51. The first kappa shape index (κ1) is 18.9. The van der Waals surface area contributed by atoms with Crippen LogP contribution in [0.3, 0.4) is 0 Å². The zero-order chi connectivity index (χ0) is 20.1. The van der Waals surface area contributed by atoms with Gasteiger partial charge in [-0.05, 0) is 61.5 Å². The van der Waals surface area contributed by atoms with E-state index in [0.29, 0.717) is 22.7 Å². The minimum absolute atomic E-state index is 0.375. The smallest absolute Gasteiger partial charge is 0.267 e. The van der Waals surface area contributed by atoms with Gasteiger partial charge in [0.25, 0.3) is 5.56 Å². The summed E-state index contributed by atoms with van der Waals surface area (Å²) in [5, 5.41) is 15.9. The summed E-state index contributed by atoms with van der Waals surface area (Å²) < 4.78 is 6.29. The van der Waals surface area contributed by atoms with Crippen molar-refractivity contribution in [3.63, 3.8) is 0 Å². The molecule has 0 aliphatic carbocycles. The zero-order valence-electron chi connectivity index (χ0n) is 15.4. The number of hydrogen-bond acceptors (Lipinski definition) is 5. The van der Waals surface area contributed by atoms with E-state index in [2.05, 4.69) is 10.4 Å². The van der Waals surface area contributed by atoms with Crippen molar-refractivity contribution in [2.45, 2.75) is 13.0 Å². The van der Waals surface area contributed by atoms with Gasteiger partial charge in [0.15, 0.2) is 0 Å². The summed E-state index contributed by atoms with van der Waals surface area (Å²) in [6.07, 6.45) is 0. The molecule has 140 valence electrons. The number of ether oxygens (including phenoxy) is 1. The van der Waals surface area contributed by atoms with Gasteiger partial charge in [-0.25, -0.2) is 4.68 Å². The Morgan fingerprint density at radius 1 is 1.11 bits per heavy atom. The van der Waals surface area contributed by atoms with Gasteiger partial charge in [-0.15, -0.1) is 0 Å². The Bertz CT molecular complexity index is 1080.